The molecular weight excluding hydrogens is 212 g/mol. The molecule has 0 aliphatic carbocycles. The number of Topliss-reactive ketones (excluding diaryl/α,β-unsaturated/α-hetero) is 1. The van der Waals surface area contributed by atoms with Crippen LogP contribution in [0.4, 0.5) is 0 Å². The normalized spacial score (nSPS) is 29.8. The van der Waals surface area contributed by atoms with Gasteiger partial charge in [-0.25, -0.2) is 0 Å². The molecular formula is C15H24O2. The minimum Gasteiger partial charge on any atom is -0.367 e. The summed E-state index contributed by atoms with van der Waals surface area (Å²) in [5, 5.41) is 0. The van der Waals surface area contributed by atoms with Gasteiger partial charge in [-0.05, 0) is 33.6 Å². The van der Waals surface area contributed by atoms with Crippen molar-refractivity contribution in [1.82, 2.24) is 0 Å². The zero-order chi connectivity index (χ0) is 13.1. The molecule has 96 valence electrons. The third-order valence-corrected chi connectivity index (χ3v) is 3.55. The SMILES string of the molecule is C=C[C@@]1(C)CC[C@H](C(C)C(=O)CC=C(C)C)O1. The molecule has 0 radical (unpaired) electrons. The number of ketones is 1. The molecule has 1 unspecified atom stereocenters. The van der Waals surface area contributed by atoms with E-state index >= 15 is 0 Å². The largest absolute Gasteiger partial charge is 0.367 e. The lowest BCUT2D eigenvalue weighted by molar-refractivity contribution is -0.127. The lowest BCUT2D eigenvalue weighted by Gasteiger charge is -2.23. The quantitative estimate of drug-likeness (QED) is 0.681. The molecule has 0 amide bonds. The van der Waals surface area contributed by atoms with Gasteiger partial charge in [-0.2, -0.15) is 0 Å². The van der Waals surface area contributed by atoms with Crippen molar-refractivity contribution in [2.45, 2.75) is 58.7 Å². The minimum atomic E-state index is -0.240. The zero-order valence-electron chi connectivity index (χ0n) is 11.5. The summed E-state index contributed by atoms with van der Waals surface area (Å²) in [5.74, 6) is 0.247. The third-order valence-electron chi connectivity index (χ3n) is 3.55. The van der Waals surface area contributed by atoms with Crippen molar-refractivity contribution in [1.29, 1.82) is 0 Å². The van der Waals surface area contributed by atoms with E-state index in [-0.39, 0.29) is 23.4 Å². The van der Waals surface area contributed by atoms with Crippen LogP contribution in [0.5, 0.6) is 0 Å². The van der Waals surface area contributed by atoms with Crippen LogP contribution in [0.3, 0.4) is 0 Å². The van der Waals surface area contributed by atoms with Crippen LogP contribution in [0.15, 0.2) is 24.3 Å². The van der Waals surface area contributed by atoms with Crippen molar-refractivity contribution < 1.29 is 9.53 Å². The van der Waals surface area contributed by atoms with Gasteiger partial charge in [-0.1, -0.05) is 24.6 Å². The van der Waals surface area contributed by atoms with Crippen LogP contribution in [-0.4, -0.2) is 17.5 Å². The molecule has 1 rings (SSSR count). The van der Waals surface area contributed by atoms with Crippen LogP contribution in [-0.2, 0) is 9.53 Å². The molecule has 0 spiro atoms. The molecule has 3 atom stereocenters. The van der Waals surface area contributed by atoms with Gasteiger partial charge < -0.3 is 4.74 Å². The Kier molecular flexibility index (Phi) is 4.70. The van der Waals surface area contributed by atoms with E-state index in [9.17, 15) is 4.79 Å². The fourth-order valence-electron chi connectivity index (χ4n) is 2.09. The monoisotopic (exact) mass is 236 g/mol. The standard InChI is InChI=1S/C15H24O2/c1-6-15(5)10-9-14(17-15)12(4)13(16)8-7-11(2)3/h6-7,12,14H,1,8-10H2,2-5H3/t12?,14-,15+/m1/s1. The average molecular weight is 236 g/mol. The first-order chi connectivity index (χ1) is 7.88. The van der Waals surface area contributed by atoms with E-state index in [1.807, 2.05) is 39.8 Å². The van der Waals surface area contributed by atoms with E-state index in [0.717, 1.165) is 12.8 Å². The molecule has 2 heteroatoms. The predicted octanol–water partition coefficient (Wildman–Crippen LogP) is 3.67. The Morgan fingerprint density at radius 3 is 2.71 bits per heavy atom. The molecule has 0 aromatic heterocycles. The molecule has 1 fully saturated rings. The molecule has 0 N–H and O–H groups in total. The fourth-order valence-corrected chi connectivity index (χ4v) is 2.09. The number of hydrogen-bond acceptors (Lipinski definition) is 2. The Balaban J connectivity index is 2.54. The van der Waals surface area contributed by atoms with Crippen LogP contribution in [0.1, 0.15) is 47.0 Å². The average Bonchev–Trinajstić information content (AvgIpc) is 2.68. The Morgan fingerprint density at radius 1 is 1.59 bits per heavy atom. The Bertz CT molecular complexity index is 326. The van der Waals surface area contributed by atoms with Crippen molar-refractivity contribution in [3.05, 3.63) is 24.3 Å². The van der Waals surface area contributed by atoms with E-state index in [1.165, 1.54) is 5.57 Å². The predicted molar refractivity (Wildman–Crippen MR) is 70.9 cm³/mol. The van der Waals surface area contributed by atoms with Crippen molar-refractivity contribution in [2.24, 2.45) is 5.92 Å². The highest BCUT2D eigenvalue weighted by Crippen LogP contribution is 2.34. The van der Waals surface area contributed by atoms with Gasteiger partial charge in [-0.3, -0.25) is 4.79 Å². The number of hydrogen-bond donors (Lipinski definition) is 0. The van der Waals surface area contributed by atoms with Gasteiger partial charge in [0.25, 0.3) is 0 Å². The lowest BCUT2D eigenvalue weighted by Crippen LogP contribution is -2.29. The second-order valence-corrected chi connectivity index (χ2v) is 5.45. The number of ether oxygens (including phenoxy) is 1. The van der Waals surface area contributed by atoms with E-state index < -0.39 is 0 Å². The summed E-state index contributed by atoms with van der Waals surface area (Å²) in [6.45, 7) is 11.8. The number of allylic oxidation sites excluding steroid dienone is 2. The van der Waals surface area contributed by atoms with Crippen molar-refractivity contribution in [3.63, 3.8) is 0 Å². The highest BCUT2D eigenvalue weighted by atomic mass is 16.5. The second-order valence-electron chi connectivity index (χ2n) is 5.45. The number of carbonyl (C=O) groups excluding carboxylic acids is 1. The van der Waals surface area contributed by atoms with Gasteiger partial charge in [0.05, 0.1) is 11.7 Å². The number of rotatable bonds is 5. The molecule has 0 bridgehead atoms. The lowest BCUT2D eigenvalue weighted by atomic mass is 9.94. The van der Waals surface area contributed by atoms with Crippen molar-refractivity contribution in [3.8, 4) is 0 Å². The highest BCUT2D eigenvalue weighted by Gasteiger charge is 2.37. The molecule has 17 heavy (non-hydrogen) atoms. The minimum absolute atomic E-state index is 0.0209. The van der Waals surface area contributed by atoms with E-state index in [0.29, 0.717) is 6.42 Å². The van der Waals surface area contributed by atoms with Crippen LogP contribution in [0.25, 0.3) is 0 Å². The van der Waals surface area contributed by atoms with Crippen LogP contribution in [0.2, 0.25) is 0 Å². The maximum Gasteiger partial charge on any atom is 0.142 e. The van der Waals surface area contributed by atoms with Gasteiger partial charge in [0.1, 0.15) is 5.78 Å². The van der Waals surface area contributed by atoms with Crippen LogP contribution >= 0.6 is 0 Å². The first-order valence-electron chi connectivity index (χ1n) is 6.35. The van der Waals surface area contributed by atoms with Crippen molar-refractivity contribution >= 4 is 5.78 Å². The van der Waals surface area contributed by atoms with E-state index in [1.54, 1.807) is 0 Å². The second kappa shape index (κ2) is 5.63. The summed E-state index contributed by atoms with van der Waals surface area (Å²) < 4.78 is 5.93. The molecule has 0 saturated carbocycles. The molecule has 2 nitrogen and oxygen atoms in total. The molecule has 0 aromatic carbocycles. The first kappa shape index (κ1) is 14.2. The van der Waals surface area contributed by atoms with Crippen molar-refractivity contribution in [2.75, 3.05) is 0 Å². The molecule has 0 aromatic rings. The summed E-state index contributed by atoms with van der Waals surface area (Å²) >= 11 is 0. The Morgan fingerprint density at radius 2 is 2.24 bits per heavy atom. The molecule has 1 aliphatic heterocycles. The summed E-state index contributed by atoms with van der Waals surface area (Å²) in [6, 6.07) is 0. The van der Waals surface area contributed by atoms with E-state index in [4.69, 9.17) is 4.74 Å². The van der Waals surface area contributed by atoms with Crippen LogP contribution in [0, 0.1) is 5.92 Å². The van der Waals surface area contributed by atoms with Gasteiger partial charge in [0, 0.05) is 12.3 Å². The van der Waals surface area contributed by atoms with Gasteiger partial charge in [0.15, 0.2) is 0 Å². The summed E-state index contributed by atoms with van der Waals surface area (Å²) in [5.41, 5.74) is 0.948. The van der Waals surface area contributed by atoms with E-state index in [2.05, 4.69) is 6.58 Å². The van der Waals surface area contributed by atoms with Gasteiger partial charge >= 0.3 is 0 Å². The van der Waals surface area contributed by atoms with Crippen LogP contribution < -0.4 is 0 Å². The highest BCUT2D eigenvalue weighted by molar-refractivity contribution is 5.82. The molecule has 1 saturated heterocycles. The molecule has 1 aliphatic rings. The Labute approximate surface area is 105 Å². The maximum absolute atomic E-state index is 12.0. The fraction of sp³-hybridized carbons (Fsp3) is 0.667. The smallest absolute Gasteiger partial charge is 0.142 e. The summed E-state index contributed by atoms with van der Waals surface area (Å²) in [6.07, 6.45) is 6.32. The Hall–Kier alpha value is -0.890. The van der Waals surface area contributed by atoms with Gasteiger partial charge in [0.2, 0.25) is 0 Å². The van der Waals surface area contributed by atoms with Gasteiger partial charge in [-0.15, -0.1) is 6.58 Å². The topological polar surface area (TPSA) is 26.3 Å². The zero-order valence-corrected chi connectivity index (χ0v) is 11.5. The third kappa shape index (κ3) is 3.81. The summed E-state index contributed by atoms with van der Waals surface area (Å²) in [4.78, 5) is 12.0. The maximum atomic E-state index is 12.0. The summed E-state index contributed by atoms with van der Waals surface area (Å²) in [7, 11) is 0. The number of carbonyl (C=O) groups is 1. The first-order valence-corrected chi connectivity index (χ1v) is 6.35. The molecule has 1 heterocycles.